The lowest BCUT2D eigenvalue weighted by atomic mass is 10.2. The van der Waals surface area contributed by atoms with Crippen molar-refractivity contribution in [3.63, 3.8) is 0 Å². The molecule has 0 saturated carbocycles. The third-order valence-electron chi connectivity index (χ3n) is 1.85. The van der Waals surface area contributed by atoms with Crippen LogP contribution in [0.15, 0.2) is 0 Å². The average Bonchev–Trinajstić information content (AvgIpc) is 2.04. The second kappa shape index (κ2) is 7.25. The van der Waals surface area contributed by atoms with Crippen molar-refractivity contribution in [2.45, 2.75) is 58.5 Å². The molecule has 0 rings (SSSR count). The van der Waals surface area contributed by atoms with E-state index >= 15 is 0 Å². The summed E-state index contributed by atoms with van der Waals surface area (Å²) >= 11 is 0. The zero-order chi connectivity index (χ0) is 10.2. The Morgan fingerprint density at radius 1 is 1.00 bits per heavy atom. The fourth-order valence-electron chi connectivity index (χ4n) is 1.11. The lowest BCUT2D eigenvalue weighted by Gasteiger charge is -2.15. The maximum atomic E-state index is 12.7. The van der Waals surface area contributed by atoms with Gasteiger partial charge in [-0.2, -0.15) is 8.78 Å². The van der Waals surface area contributed by atoms with E-state index in [1.165, 1.54) is 0 Å². The second-order valence-electron chi connectivity index (χ2n) is 3.30. The minimum Gasteiger partial charge on any atom is -0.320 e. The van der Waals surface area contributed by atoms with E-state index in [4.69, 9.17) is 0 Å². The normalized spacial score (nSPS) is 12.0. The fourth-order valence-corrected chi connectivity index (χ4v) is 1.11. The first-order chi connectivity index (χ1) is 6.12. The molecule has 0 amide bonds. The molecule has 0 heterocycles. The monoisotopic (exact) mass is 194 g/mol. The van der Waals surface area contributed by atoms with Gasteiger partial charge in [0.25, 0.3) is 0 Å². The van der Waals surface area contributed by atoms with Gasteiger partial charge in [-0.05, 0) is 12.8 Å². The number of alkyl halides is 2. The molecule has 13 heavy (non-hydrogen) atoms. The smallest absolute Gasteiger partial charge is 0.320 e. The maximum Gasteiger partial charge on any atom is 0.355 e. The first-order valence-electron chi connectivity index (χ1n) is 5.14. The Morgan fingerprint density at radius 3 is 2.23 bits per heavy atom. The Labute approximate surface area is 79.5 Å². The Hall–Kier alpha value is -0.180. The third-order valence-corrected chi connectivity index (χ3v) is 1.85. The summed E-state index contributed by atoms with van der Waals surface area (Å²) in [5.74, 6) is 0. The van der Waals surface area contributed by atoms with Crippen molar-refractivity contribution in [3.05, 3.63) is 0 Å². The van der Waals surface area contributed by atoms with Crippen molar-refractivity contribution in [2.75, 3.05) is 6.61 Å². The highest BCUT2D eigenvalue weighted by Gasteiger charge is 2.27. The van der Waals surface area contributed by atoms with Crippen molar-refractivity contribution >= 4 is 0 Å². The Kier molecular flexibility index (Phi) is 7.14. The minimum atomic E-state index is -2.90. The molecule has 0 unspecified atom stereocenters. The largest absolute Gasteiger partial charge is 0.355 e. The highest BCUT2D eigenvalue weighted by Crippen LogP contribution is 2.21. The minimum absolute atomic E-state index is 0.166. The number of ether oxygens (including phenoxy) is 1. The number of halogens is 2. The summed E-state index contributed by atoms with van der Waals surface area (Å²) in [6.45, 7) is 4.01. The van der Waals surface area contributed by atoms with E-state index in [9.17, 15) is 8.78 Å². The first-order valence-corrected chi connectivity index (χ1v) is 5.14. The van der Waals surface area contributed by atoms with Gasteiger partial charge in [0.2, 0.25) is 0 Å². The fraction of sp³-hybridized carbons (Fsp3) is 1.00. The zero-order valence-corrected chi connectivity index (χ0v) is 8.61. The van der Waals surface area contributed by atoms with E-state index in [0.717, 1.165) is 25.7 Å². The van der Waals surface area contributed by atoms with Gasteiger partial charge in [-0.15, -0.1) is 0 Å². The summed E-state index contributed by atoms with van der Waals surface area (Å²) in [6.07, 6.45) is 1.34. The molecule has 0 atom stereocenters. The molecular weight excluding hydrogens is 174 g/mol. The highest BCUT2D eigenvalue weighted by molar-refractivity contribution is 4.51. The molecule has 0 aromatic heterocycles. The van der Waals surface area contributed by atoms with Crippen LogP contribution in [0.2, 0.25) is 0 Å². The molecule has 0 saturated heterocycles. The molecule has 80 valence electrons. The van der Waals surface area contributed by atoms with Gasteiger partial charge in [-0.1, -0.05) is 33.1 Å². The molecule has 0 N–H and O–H groups in total. The van der Waals surface area contributed by atoms with Gasteiger partial charge in [0.15, 0.2) is 0 Å². The van der Waals surface area contributed by atoms with Crippen LogP contribution in [0.1, 0.15) is 52.4 Å². The van der Waals surface area contributed by atoms with Crippen LogP contribution in [-0.4, -0.2) is 12.7 Å². The highest BCUT2D eigenvalue weighted by atomic mass is 19.3. The lowest BCUT2D eigenvalue weighted by molar-refractivity contribution is -0.242. The lowest BCUT2D eigenvalue weighted by Crippen LogP contribution is -2.20. The van der Waals surface area contributed by atoms with Gasteiger partial charge in [0.05, 0.1) is 6.61 Å². The molecular formula is C10H20F2O. The zero-order valence-electron chi connectivity index (χ0n) is 8.61. The molecule has 0 aliphatic heterocycles. The SMILES string of the molecule is CCCCCCOC(F)(F)CCC. The standard InChI is InChI=1S/C10H20F2O/c1-3-5-6-7-9-13-10(11,12)8-4-2/h3-9H2,1-2H3. The van der Waals surface area contributed by atoms with Crippen molar-refractivity contribution in [2.24, 2.45) is 0 Å². The Morgan fingerprint density at radius 2 is 1.69 bits per heavy atom. The average molecular weight is 194 g/mol. The van der Waals surface area contributed by atoms with Crippen LogP contribution in [0.3, 0.4) is 0 Å². The van der Waals surface area contributed by atoms with Gasteiger partial charge < -0.3 is 4.74 Å². The van der Waals surface area contributed by atoms with E-state index < -0.39 is 6.11 Å². The van der Waals surface area contributed by atoms with Crippen LogP contribution in [0.4, 0.5) is 8.78 Å². The summed E-state index contributed by atoms with van der Waals surface area (Å²) in [7, 11) is 0. The molecule has 1 nitrogen and oxygen atoms in total. The summed E-state index contributed by atoms with van der Waals surface area (Å²) in [4.78, 5) is 0. The number of hydrogen-bond acceptors (Lipinski definition) is 1. The Bertz CT molecular complexity index is 115. The quantitative estimate of drug-likeness (QED) is 0.531. The van der Waals surface area contributed by atoms with Gasteiger partial charge in [-0.25, -0.2) is 0 Å². The molecule has 3 heteroatoms. The number of hydrogen-bond donors (Lipinski definition) is 0. The number of rotatable bonds is 8. The topological polar surface area (TPSA) is 9.23 Å². The second-order valence-corrected chi connectivity index (χ2v) is 3.30. The molecule has 0 aliphatic rings. The van der Waals surface area contributed by atoms with E-state index in [1.54, 1.807) is 6.92 Å². The van der Waals surface area contributed by atoms with Gasteiger partial charge in [-0.3, -0.25) is 0 Å². The van der Waals surface area contributed by atoms with Crippen LogP contribution in [0, 0.1) is 0 Å². The molecule has 0 spiro atoms. The first kappa shape index (κ1) is 12.8. The molecule has 0 aliphatic carbocycles. The van der Waals surface area contributed by atoms with Gasteiger partial charge in [0, 0.05) is 6.42 Å². The van der Waals surface area contributed by atoms with Crippen molar-refractivity contribution in [1.82, 2.24) is 0 Å². The van der Waals surface area contributed by atoms with E-state index in [1.807, 2.05) is 0 Å². The molecule has 0 aromatic rings. The molecule has 0 bridgehead atoms. The van der Waals surface area contributed by atoms with Crippen molar-refractivity contribution < 1.29 is 13.5 Å². The summed E-state index contributed by atoms with van der Waals surface area (Å²) < 4.78 is 29.9. The van der Waals surface area contributed by atoms with Crippen LogP contribution in [0.5, 0.6) is 0 Å². The predicted molar refractivity (Wildman–Crippen MR) is 49.9 cm³/mol. The molecule has 0 radical (unpaired) electrons. The summed E-state index contributed by atoms with van der Waals surface area (Å²) in [5.41, 5.74) is 0. The van der Waals surface area contributed by atoms with Crippen LogP contribution >= 0.6 is 0 Å². The van der Waals surface area contributed by atoms with Gasteiger partial charge >= 0.3 is 6.11 Å². The summed E-state index contributed by atoms with van der Waals surface area (Å²) in [6, 6.07) is 0. The van der Waals surface area contributed by atoms with Crippen LogP contribution < -0.4 is 0 Å². The Balaban J connectivity index is 3.29. The number of unbranched alkanes of at least 4 members (excludes halogenated alkanes) is 3. The van der Waals surface area contributed by atoms with Gasteiger partial charge in [0.1, 0.15) is 0 Å². The van der Waals surface area contributed by atoms with E-state index in [2.05, 4.69) is 11.7 Å². The van der Waals surface area contributed by atoms with Crippen molar-refractivity contribution in [1.29, 1.82) is 0 Å². The van der Waals surface area contributed by atoms with E-state index in [-0.39, 0.29) is 13.0 Å². The maximum absolute atomic E-state index is 12.7. The van der Waals surface area contributed by atoms with Crippen molar-refractivity contribution in [3.8, 4) is 0 Å². The third kappa shape index (κ3) is 8.16. The molecule has 0 aromatic carbocycles. The van der Waals surface area contributed by atoms with Crippen LogP contribution in [0.25, 0.3) is 0 Å². The predicted octanol–water partition coefficient (Wildman–Crippen LogP) is 3.98. The molecule has 0 fully saturated rings. The van der Waals surface area contributed by atoms with E-state index in [0.29, 0.717) is 6.42 Å². The summed E-state index contributed by atoms with van der Waals surface area (Å²) in [5, 5.41) is 0. The van der Waals surface area contributed by atoms with Crippen LogP contribution in [-0.2, 0) is 4.74 Å².